The van der Waals surface area contributed by atoms with E-state index in [4.69, 9.17) is 16.1 Å². The van der Waals surface area contributed by atoms with Crippen molar-refractivity contribution >= 4 is 17.5 Å². The summed E-state index contributed by atoms with van der Waals surface area (Å²) >= 11 is 6.06. The molecule has 0 saturated carbocycles. The minimum Gasteiger partial charge on any atom is -0.339 e. The summed E-state index contributed by atoms with van der Waals surface area (Å²) in [7, 11) is 0. The predicted octanol–water partition coefficient (Wildman–Crippen LogP) is 6.08. The maximum Gasteiger partial charge on any atom is 0.253 e. The lowest BCUT2D eigenvalue weighted by Gasteiger charge is -2.30. The van der Waals surface area contributed by atoms with E-state index in [2.05, 4.69) is 22.3 Å². The Kier molecular flexibility index (Phi) is 5.73. The van der Waals surface area contributed by atoms with Crippen LogP contribution in [-0.2, 0) is 0 Å². The summed E-state index contributed by atoms with van der Waals surface area (Å²) in [6.07, 6.45) is 1.59. The zero-order valence-corrected chi connectivity index (χ0v) is 18.2. The van der Waals surface area contributed by atoms with Crippen LogP contribution in [0.5, 0.6) is 0 Å². The highest BCUT2D eigenvalue weighted by Crippen LogP contribution is 2.30. The molecule has 0 N–H and O–H groups in total. The number of carbonyl (C=O) groups excluding carboxylic acids is 1. The molecule has 3 aromatic carbocycles. The topological polar surface area (TPSA) is 59.2 Å². The van der Waals surface area contributed by atoms with Crippen molar-refractivity contribution in [1.82, 2.24) is 15.0 Å². The van der Waals surface area contributed by atoms with Gasteiger partial charge in [-0.1, -0.05) is 71.4 Å². The molecule has 1 aromatic heterocycles. The summed E-state index contributed by atoms with van der Waals surface area (Å²) in [6, 6.07) is 25.4. The van der Waals surface area contributed by atoms with Crippen molar-refractivity contribution in [3.63, 3.8) is 0 Å². The molecule has 2 heterocycles. The summed E-state index contributed by atoms with van der Waals surface area (Å²) in [5.41, 5.74) is 3.79. The maximum absolute atomic E-state index is 13.0. The summed E-state index contributed by atoms with van der Waals surface area (Å²) < 4.78 is 5.53. The highest BCUT2D eigenvalue weighted by molar-refractivity contribution is 6.30. The third-order valence-electron chi connectivity index (χ3n) is 5.89. The zero-order valence-electron chi connectivity index (χ0n) is 17.4. The van der Waals surface area contributed by atoms with Gasteiger partial charge in [0.2, 0.25) is 11.7 Å². The van der Waals surface area contributed by atoms with Crippen molar-refractivity contribution in [2.75, 3.05) is 13.1 Å². The standard InChI is InChI=1S/C26H22ClN3O2/c27-23-8-4-7-22(17-23)24-28-25(32-29-24)20-13-15-30(16-14-20)26(31)21-11-9-19(10-12-21)18-5-2-1-3-6-18/h1-12,17,20H,13-16H2. The van der Waals surface area contributed by atoms with E-state index in [9.17, 15) is 4.79 Å². The lowest BCUT2D eigenvalue weighted by atomic mass is 9.96. The van der Waals surface area contributed by atoms with E-state index in [-0.39, 0.29) is 11.8 Å². The molecule has 0 aliphatic carbocycles. The van der Waals surface area contributed by atoms with Gasteiger partial charge in [0, 0.05) is 35.2 Å². The van der Waals surface area contributed by atoms with Crippen molar-refractivity contribution in [3.8, 4) is 22.5 Å². The molecule has 5 rings (SSSR count). The fourth-order valence-corrected chi connectivity index (χ4v) is 4.28. The minimum atomic E-state index is 0.0632. The Hall–Kier alpha value is -3.44. The third-order valence-corrected chi connectivity index (χ3v) is 6.13. The third kappa shape index (κ3) is 4.30. The van der Waals surface area contributed by atoms with E-state index in [0.29, 0.717) is 35.4 Å². The molecule has 1 amide bonds. The van der Waals surface area contributed by atoms with Crippen LogP contribution in [0.15, 0.2) is 83.4 Å². The molecule has 1 fully saturated rings. The van der Waals surface area contributed by atoms with Crippen LogP contribution >= 0.6 is 11.6 Å². The number of aromatic nitrogens is 2. The van der Waals surface area contributed by atoms with Gasteiger partial charge in [-0.15, -0.1) is 0 Å². The van der Waals surface area contributed by atoms with Gasteiger partial charge in [0.05, 0.1) is 0 Å². The van der Waals surface area contributed by atoms with Gasteiger partial charge in [-0.2, -0.15) is 4.98 Å². The second-order valence-electron chi connectivity index (χ2n) is 7.98. The summed E-state index contributed by atoms with van der Waals surface area (Å²) in [6.45, 7) is 1.33. The van der Waals surface area contributed by atoms with Crippen LogP contribution in [0, 0.1) is 0 Å². The van der Waals surface area contributed by atoms with Crippen LogP contribution in [0.3, 0.4) is 0 Å². The van der Waals surface area contributed by atoms with E-state index in [1.165, 1.54) is 0 Å². The normalized spacial score (nSPS) is 14.5. The molecule has 5 nitrogen and oxygen atoms in total. The Morgan fingerprint density at radius 3 is 2.28 bits per heavy atom. The molecule has 1 aliphatic heterocycles. The molecular formula is C26H22ClN3O2. The van der Waals surface area contributed by atoms with Gasteiger partial charge >= 0.3 is 0 Å². The minimum absolute atomic E-state index is 0.0632. The predicted molar refractivity (Wildman–Crippen MR) is 125 cm³/mol. The quantitative estimate of drug-likeness (QED) is 0.383. The first-order valence-corrected chi connectivity index (χ1v) is 11.1. The summed E-state index contributed by atoms with van der Waals surface area (Å²) in [4.78, 5) is 19.5. The van der Waals surface area contributed by atoms with E-state index in [0.717, 1.165) is 29.5 Å². The van der Waals surface area contributed by atoms with Crippen molar-refractivity contribution < 1.29 is 9.32 Å². The van der Waals surface area contributed by atoms with Crippen LogP contribution in [0.1, 0.15) is 35.0 Å². The first kappa shape index (κ1) is 20.5. The number of piperidine rings is 1. The molecule has 4 aromatic rings. The van der Waals surface area contributed by atoms with Crippen molar-refractivity contribution in [1.29, 1.82) is 0 Å². The zero-order chi connectivity index (χ0) is 21.9. The Bertz CT molecular complexity index is 1210. The SMILES string of the molecule is O=C(c1ccc(-c2ccccc2)cc1)N1CCC(c2nc(-c3cccc(Cl)c3)no2)CC1. The van der Waals surface area contributed by atoms with Crippen molar-refractivity contribution in [2.45, 2.75) is 18.8 Å². The Morgan fingerprint density at radius 1 is 0.875 bits per heavy atom. The largest absolute Gasteiger partial charge is 0.339 e. The molecule has 6 heteroatoms. The summed E-state index contributed by atoms with van der Waals surface area (Å²) in [5, 5.41) is 4.75. The fraction of sp³-hybridized carbons (Fsp3) is 0.192. The average Bonchev–Trinajstić information content (AvgIpc) is 3.35. The number of nitrogens with zero attached hydrogens (tertiary/aromatic N) is 3. The molecule has 0 spiro atoms. The number of halogens is 1. The molecule has 0 bridgehead atoms. The Labute approximate surface area is 191 Å². The monoisotopic (exact) mass is 443 g/mol. The molecule has 0 atom stereocenters. The van der Waals surface area contributed by atoms with Crippen LogP contribution in [0.25, 0.3) is 22.5 Å². The second kappa shape index (κ2) is 8.97. The van der Waals surface area contributed by atoms with Crippen LogP contribution in [-0.4, -0.2) is 34.0 Å². The van der Waals surface area contributed by atoms with E-state index >= 15 is 0 Å². The number of rotatable bonds is 4. The lowest BCUT2D eigenvalue weighted by Crippen LogP contribution is -2.38. The molecular weight excluding hydrogens is 422 g/mol. The molecule has 1 saturated heterocycles. The number of hydrogen-bond donors (Lipinski definition) is 0. The van der Waals surface area contributed by atoms with E-state index in [1.54, 1.807) is 0 Å². The highest BCUT2D eigenvalue weighted by atomic mass is 35.5. The van der Waals surface area contributed by atoms with Gasteiger partial charge in [-0.05, 0) is 48.2 Å². The van der Waals surface area contributed by atoms with Crippen molar-refractivity contribution in [3.05, 3.63) is 95.3 Å². The van der Waals surface area contributed by atoms with Gasteiger partial charge in [0.15, 0.2) is 0 Å². The number of amides is 1. The Morgan fingerprint density at radius 2 is 1.56 bits per heavy atom. The number of hydrogen-bond acceptors (Lipinski definition) is 4. The maximum atomic E-state index is 13.0. The molecule has 32 heavy (non-hydrogen) atoms. The van der Waals surface area contributed by atoms with Crippen LogP contribution in [0.2, 0.25) is 5.02 Å². The van der Waals surface area contributed by atoms with E-state index < -0.39 is 0 Å². The molecule has 0 radical (unpaired) electrons. The number of benzene rings is 3. The van der Waals surface area contributed by atoms with Crippen LogP contribution in [0.4, 0.5) is 0 Å². The summed E-state index contributed by atoms with van der Waals surface area (Å²) in [5.74, 6) is 1.38. The molecule has 160 valence electrons. The van der Waals surface area contributed by atoms with Gasteiger partial charge in [-0.25, -0.2) is 0 Å². The van der Waals surface area contributed by atoms with E-state index in [1.807, 2.05) is 71.6 Å². The highest BCUT2D eigenvalue weighted by Gasteiger charge is 2.28. The number of carbonyl (C=O) groups is 1. The first-order chi connectivity index (χ1) is 15.7. The fourth-order valence-electron chi connectivity index (χ4n) is 4.09. The average molecular weight is 444 g/mol. The van der Waals surface area contributed by atoms with Gasteiger partial charge in [0.1, 0.15) is 0 Å². The van der Waals surface area contributed by atoms with Gasteiger partial charge < -0.3 is 9.42 Å². The molecule has 1 aliphatic rings. The molecule has 0 unspecified atom stereocenters. The number of likely N-dealkylation sites (tertiary alicyclic amines) is 1. The second-order valence-corrected chi connectivity index (χ2v) is 8.41. The lowest BCUT2D eigenvalue weighted by molar-refractivity contribution is 0.0704. The van der Waals surface area contributed by atoms with Gasteiger partial charge in [0.25, 0.3) is 5.91 Å². The first-order valence-electron chi connectivity index (χ1n) is 10.7. The smallest absolute Gasteiger partial charge is 0.253 e. The van der Waals surface area contributed by atoms with Crippen LogP contribution < -0.4 is 0 Å². The van der Waals surface area contributed by atoms with Gasteiger partial charge in [-0.3, -0.25) is 4.79 Å². The Balaban J connectivity index is 1.22. The van der Waals surface area contributed by atoms with Crippen molar-refractivity contribution in [2.24, 2.45) is 0 Å².